The fraction of sp³-hybridized carbons (Fsp3) is 0.115. The Hall–Kier alpha value is -4.66. The van der Waals surface area contributed by atoms with Crippen molar-refractivity contribution in [3.05, 3.63) is 89.0 Å². The lowest BCUT2D eigenvalue weighted by atomic mass is 10.0. The molecule has 2 aromatic heterocycles. The first kappa shape index (κ1) is 20.9. The molecule has 0 amide bonds. The number of aromatic nitrogens is 3. The number of halogens is 1. The zero-order chi connectivity index (χ0) is 24.1. The van der Waals surface area contributed by atoms with E-state index in [0.717, 1.165) is 16.8 Å². The summed E-state index contributed by atoms with van der Waals surface area (Å²) in [6.45, 7) is 1.14. The summed E-state index contributed by atoms with van der Waals surface area (Å²) in [7, 11) is 0. The summed E-state index contributed by atoms with van der Waals surface area (Å²) in [5, 5.41) is 14.5. The molecule has 5 aromatic rings. The number of nitrogens with one attached hydrogen (secondary N) is 1. The molecule has 1 aliphatic heterocycles. The fourth-order valence-corrected chi connectivity index (χ4v) is 4.59. The number of carbonyl (C=O) groups is 1. The predicted octanol–water partition coefficient (Wildman–Crippen LogP) is 4.79. The van der Waals surface area contributed by atoms with Gasteiger partial charge in [0.1, 0.15) is 16.8 Å². The van der Waals surface area contributed by atoms with E-state index in [4.69, 9.17) is 4.74 Å². The summed E-state index contributed by atoms with van der Waals surface area (Å²) in [5.41, 5.74) is -0.159. The maximum Gasteiger partial charge on any atom is 0.341 e. The molecule has 9 heteroatoms. The standard InChI is InChI=1S/C26H19FN4O4/c27-19-12-17-23-25(21(19)29-8-3-10-30-11-9-28-14-30)35-20-7-6-15-4-1-2-5-16(15)22(20)31(23)13-18(24(17)32)26(33)34/h1-2,4-7,9,11-14,29H,3,8,10H2,(H,33,34). The number of pyridine rings is 1. The second-order valence-electron chi connectivity index (χ2n) is 8.32. The van der Waals surface area contributed by atoms with Gasteiger partial charge in [0.25, 0.3) is 0 Å². The van der Waals surface area contributed by atoms with Crippen molar-refractivity contribution in [2.75, 3.05) is 11.9 Å². The molecule has 3 heterocycles. The Morgan fingerprint density at radius 1 is 1.17 bits per heavy atom. The minimum atomic E-state index is -1.38. The summed E-state index contributed by atoms with van der Waals surface area (Å²) < 4.78 is 25.1. The summed E-state index contributed by atoms with van der Waals surface area (Å²) in [6, 6.07) is 12.3. The molecule has 0 fully saturated rings. The maximum atomic E-state index is 15.3. The molecule has 0 atom stereocenters. The van der Waals surface area contributed by atoms with E-state index in [1.807, 2.05) is 41.1 Å². The highest BCUT2D eigenvalue weighted by Crippen LogP contribution is 2.47. The molecule has 0 unspecified atom stereocenters. The second-order valence-corrected chi connectivity index (χ2v) is 8.32. The molecular weight excluding hydrogens is 451 g/mol. The van der Waals surface area contributed by atoms with Crippen LogP contribution in [-0.4, -0.2) is 31.7 Å². The van der Waals surface area contributed by atoms with Gasteiger partial charge in [-0.3, -0.25) is 4.79 Å². The Morgan fingerprint density at radius 2 is 2.03 bits per heavy atom. The van der Waals surface area contributed by atoms with Crippen LogP contribution in [0.2, 0.25) is 0 Å². The van der Waals surface area contributed by atoms with Gasteiger partial charge in [0.15, 0.2) is 17.3 Å². The van der Waals surface area contributed by atoms with E-state index in [1.165, 1.54) is 6.20 Å². The number of aryl methyl sites for hydroxylation is 1. The van der Waals surface area contributed by atoms with Crippen LogP contribution in [0.25, 0.3) is 27.4 Å². The van der Waals surface area contributed by atoms with Crippen LogP contribution in [0.3, 0.4) is 0 Å². The minimum absolute atomic E-state index is 0.0556. The van der Waals surface area contributed by atoms with Crippen LogP contribution < -0.4 is 15.5 Å². The SMILES string of the molecule is O=C(O)c1cn2c3c(c(NCCCn4ccnc4)c(F)cc3c1=O)Oc1ccc3ccccc3c1-2. The number of hydrogen-bond donors (Lipinski definition) is 2. The van der Waals surface area contributed by atoms with Crippen molar-refractivity contribution in [2.24, 2.45) is 0 Å². The van der Waals surface area contributed by atoms with Gasteiger partial charge >= 0.3 is 5.97 Å². The number of anilines is 1. The van der Waals surface area contributed by atoms with E-state index in [2.05, 4.69) is 10.3 Å². The fourth-order valence-electron chi connectivity index (χ4n) is 4.59. The number of benzene rings is 3. The van der Waals surface area contributed by atoms with Crippen molar-refractivity contribution in [1.82, 2.24) is 14.1 Å². The smallest absolute Gasteiger partial charge is 0.341 e. The Labute approximate surface area is 197 Å². The van der Waals surface area contributed by atoms with Gasteiger partial charge in [-0.1, -0.05) is 30.3 Å². The topological polar surface area (TPSA) is 98.4 Å². The third kappa shape index (κ3) is 3.31. The van der Waals surface area contributed by atoms with E-state index in [-0.39, 0.29) is 16.8 Å². The number of fused-ring (bicyclic) bond motifs is 4. The lowest BCUT2D eigenvalue weighted by Gasteiger charge is -2.27. The van der Waals surface area contributed by atoms with Gasteiger partial charge in [0, 0.05) is 37.1 Å². The van der Waals surface area contributed by atoms with Crippen LogP contribution in [0, 0.1) is 5.82 Å². The van der Waals surface area contributed by atoms with E-state index in [0.29, 0.717) is 36.5 Å². The molecule has 0 radical (unpaired) electrons. The third-order valence-corrected chi connectivity index (χ3v) is 6.20. The zero-order valence-electron chi connectivity index (χ0n) is 18.4. The third-order valence-electron chi connectivity index (χ3n) is 6.20. The number of ether oxygens (including phenoxy) is 1. The monoisotopic (exact) mass is 470 g/mol. The van der Waals surface area contributed by atoms with Gasteiger partial charge < -0.3 is 24.3 Å². The number of nitrogens with zero attached hydrogens (tertiary/aromatic N) is 3. The van der Waals surface area contributed by atoms with Gasteiger partial charge in [0.2, 0.25) is 5.43 Å². The number of hydrogen-bond acceptors (Lipinski definition) is 5. The van der Waals surface area contributed by atoms with Crippen molar-refractivity contribution in [3.8, 4) is 17.2 Å². The van der Waals surface area contributed by atoms with Gasteiger partial charge in [-0.2, -0.15) is 0 Å². The normalized spacial score (nSPS) is 11.9. The number of imidazole rings is 1. The quantitative estimate of drug-likeness (QED) is 0.340. The summed E-state index contributed by atoms with van der Waals surface area (Å²) in [6.07, 6.45) is 7.25. The number of carboxylic acid groups (broad SMARTS) is 1. The van der Waals surface area contributed by atoms with Crippen LogP contribution in [0.15, 0.2) is 72.2 Å². The zero-order valence-corrected chi connectivity index (χ0v) is 18.4. The van der Waals surface area contributed by atoms with Crippen LogP contribution >= 0.6 is 0 Å². The van der Waals surface area contributed by atoms with Crippen molar-refractivity contribution in [1.29, 1.82) is 0 Å². The highest BCUT2D eigenvalue weighted by atomic mass is 19.1. The van der Waals surface area contributed by atoms with Crippen LogP contribution in [0.4, 0.5) is 10.1 Å². The van der Waals surface area contributed by atoms with Crippen LogP contribution in [0.5, 0.6) is 11.5 Å². The molecule has 0 bridgehead atoms. The molecule has 0 aliphatic carbocycles. The Kier molecular flexibility index (Phi) is 4.77. The average Bonchev–Trinajstić information content (AvgIpc) is 3.37. The van der Waals surface area contributed by atoms with Crippen LogP contribution in [0.1, 0.15) is 16.8 Å². The highest BCUT2D eigenvalue weighted by Gasteiger charge is 2.29. The molecule has 2 N–H and O–H groups in total. The molecule has 35 heavy (non-hydrogen) atoms. The molecule has 1 aliphatic rings. The first-order valence-electron chi connectivity index (χ1n) is 11.1. The van der Waals surface area contributed by atoms with Crippen LogP contribution in [-0.2, 0) is 6.54 Å². The van der Waals surface area contributed by atoms with E-state index in [1.54, 1.807) is 23.2 Å². The van der Waals surface area contributed by atoms with Gasteiger partial charge in [-0.05, 0) is 23.9 Å². The molecular formula is C26H19FN4O4. The maximum absolute atomic E-state index is 15.3. The first-order chi connectivity index (χ1) is 17.0. The van der Waals surface area contributed by atoms with E-state index >= 15 is 4.39 Å². The van der Waals surface area contributed by atoms with Crippen molar-refractivity contribution < 1.29 is 19.0 Å². The van der Waals surface area contributed by atoms with E-state index < -0.39 is 22.8 Å². The molecule has 174 valence electrons. The Balaban J connectivity index is 1.55. The first-order valence-corrected chi connectivity index (χ1v) is 11.1. The second kappa shape index (κ2) is 7.98. The molecule has 8 nitrogen and oxygen atoms in total. The largest absolute Gasteiger partial charge is 0.477 e. The number of carboxylic acids is 1. The van der Waals surface area contributed by atoms with Crippen molar-refractivity contribution in [2.45, 2.75) is 13.0 Å². The lowest BCUT2D eigenvalue weighted by molar-refractivity contribution is 0.0695. The molecule has 0 saturated heterocycles. The average molecular weight is 470 g/mol. The highest BCUT2D eigenvalue weighted by molar-refractivity contribution is 6.02. The summed E-state index contributed by atoms with van der Waals surface area (Å²) in [5.74, 6) is -1.48. The molecule has 0 saturated carbocycles. The minimum Gasteiger partial charge on any atom is -0.477 e. The summed E-state index contributed by atoms with van der Waals surface area (Å²) >= 11 is 0. The van der Waals surface area contributed by atoms with Crippen molar-refractivity contribution in [3.63, 3.8) is 0 Å². The lowest BCUT2D eigenvalue weighted by Crippen LogP contribution is -2.21. The van der Waals surface area contributed by atoms with Gasteiger partial charge in [-0.25, -0.2) is 14.2 Å². The summed E-state index contributed by atoms with van der Waals surface area (Å²) in [4.78, 5) is 28.9. The molecule has 6 rings (SSSR count). The van der Waals surface area contributed by atoms with E-state index in [9.17, 15) is 14.7 Å². The Bertz CT molecular complexity index is 1690. The van der Waals surface area contributed by atoms with Crippen molar-refractivity contribution >= 4 is 33.3 Å². The van der Waals surface area contributed by atoms with Gasteiger partial charge in [-0.15, -0.1) is 0 Å². The predicted molar refractivity (Wildman–Crippen MR) is 129 cm³/mol. The molecule has 3 aromatic carbocycles. The van der Waals surface area contributed by atoms with Gasteiger partial charge in [0.05, 0.1) is 17.4 Å². The number of aromatic carboxylic acids is 1. The molecule has 0 spiro atoms. The number of rotatable bonds is 6. The Morgan fingerprint density at radius 3 is 2.83 bits per heavy atom.